The van der Waals surface area contributed by atoms with E-state index in [0.29, 0.717) is 19.4 Å². The highest BCUT2D eigenvalue weighted by Crippen LogP contribution is 2.70. The highest BCUT2D eigenvalue weighted by atomic mass is 16.7. The Balaban J connectivity index is 1.01. The monoisotopic (exact) mass is 712 g/mol. The largest absolute Gasteiger partial charge is 0.458 e. The van der Waals surface area contributed by atoms with Crippen molar-refractivity contribution in [2.45, 2.75) is 151 Å². The predicted molar refractivity (Wildman–Crippen MR) is 172 cm³/mol. The van der Waals surface area contributed by atoms with E-state index >= 15 is 0 Å². The van der Waals surface area contributed by atoms with Crippen molar-refractivity contribution in [1.29, 1.82) is 0 Å². The van der Waals surface area contributed by atoms with E-state index in [1.807, 2.05) is 0 Å². The van der Waals surface area contributed by atoms with Crippen LogP contribution in [-0.2, 0) is 33.2 Å². The van der Waals surface area contributed by atoms with Gasteiger partial charge in [-0.1, -0.05) is 13.8 Å². The molecule has 0 amide bonds. The summed E-state index contributed by atoms with van der Waals surface area (Å²) in [4.78, 5) is 11.9. The minimum absolute atomic E-state index is 0.0104. The van der Waals surface area contributed by atoms with Gasteiger partial charge in [-0.2, -0.15) is 0 Å². The molecule has 4 saturated carbocycles. The first kappa shape index (κ1) is 37.1. The average Bonchev–Trinajstić information content (AvgIpc) is 3.63. The molecule has 0 aromatic heterocycles. The van der Waals surface area contributed by atoms with Gasteiger partial charge in [0.1, 0.15) is 49.3 Å². The molecule has 0 unspecified atom stereocenters. The molecule has 4 aliphatic carbocycles. The fourth-order valence-electron chi connectivity index (χ4n) is 11.6. The predicted octanol–water partition coefficient (Wildman–Crippen LogP) is -0.0948. The number of ether oxygens (including phenoxy) is 6. The number of cyclic esters (lactones) is 1. The topological polar surface area (TPSA) is 214 Å². The van der Waals surface area contributed by atoms with Crippen LogP contribution in [0.25, 0.3) is 0 Å². The number of esters is 1. The summed E-state index contributed by atoms with van der Waals surface area (Å²) in [5, 5.41) is 77.9. The number of fused-ring (bicyclic) bond motifs is 5. The minimum atomic E-state index is -1.59. The zero-order valence-corrected chi connectivity index (χ0v) is 29.4. The molecule has 6 fully saturated rings. The molecule has 14 heteroatoms. The van der Waals surface area contributed by atoms with E-state index in [-0.39, 0.29) is 41.5 Å². The van der Waals surface area contributed by atoms with Crippen LogP contribution in [0.15, 0.2) is 11.6 Å². The summed E-state index contributed by atoms with van der Waals surface area (Å²) in [6.45, 7) is 5.60. The maximum Gasteiger partial charge on any atom is 0.331 e. The van der Waals surface area contributed by atoms with Gasteiger partial charge in [0.25, 0.3) is 0 Å². The number of carbonyl (C=O) groups excluding carboxylic acids is 1. The number of methoxy groups -OCH3 is 1. The summed E-state index contributed by atoms with van der Waals surface area (Å²) in [5.41, 5.74) is -0.775. The van der Waals surface area contributed by atoms with Crippen molar-refractivity contribution < 1.29 is 69.0 Å². The van der Waals surface area contributed by atoms with E-state index in [1.165, 1.54) is 7.11 Å². The third-order valence-electron chi connectivity index (χ3n) is 14.5. The Labute approximate surface area is 292 Å². The molecule has 0 spiro atoms. The second-order valence-electron chi connectivity index (χ2n) is 16.6. The van der Waals surface area contributed by atoms with E-state index in [9.17, 15) is 40.5 Å². The molecule has 0 aromatic rings. The van der Waals surface area contributed by atoms with Crippen LogP contribution in [0.3, 0.4) is 0 Å². The van der Waals surface area contributed by atoms with Crippen molar-refractivity contribution in [3.63, 3.8) is 0 Å². The highest BCUT2D eigenvalue weighted by molar-refractivity contribution is 5.85. The van der Waals surface area contributed by atoms with Crippen LogP contribution in [0.5, 0.6) is 0 Å². The van der Waals surface area contributed by atoms with E-state index in [2.05, 4.69) is 13.8 Å². The van der Waals surface area contributed by atoms with Gasteiger partial charge in [0.05, 0.1) is 30.5 Å². The summed E-state index contributed by atoms with van der Waals surface area (Å²) in [7, 11) is 1.33. The lowest BCUT2D eigenvalue weighted by atomic mass is 9.42. The summed E-state index contributed by atoms with van der Waals surface area (Å²) in [6.07, 6.45) is -6.71. The summed E-state index contributed by atoms with van der Waals surface area (Å²) in [6, 6.07) is 0. The van der Waals surface area contributed by atoms with E-state index in [0.717, 1.165) is 37.7 Å². The Bertz CT molecular complexity index is 1300. The van der Waals surface area contributed by atoms with Crippen molar-refractivity contribution >= 4 is 5.97 Å². The first-order valence-corrected chi connectivity index (χ1v) is 18.4. The summed E-state index contributed by atoms with van der Waals surface area (Å²) in [5.74, 6) is -0.0371. The molecule has 284 valence electrons. The van der Waals surface area contributed by atoms with Crippen LogP contribution >= 0.6 is 0 Å². The van der Waals surface area contributed by atoms with Crippen molar-refractivity contribution in [3.05, 3.63) is 11.6 Å². The lowest BCUT2D eigenvalue weighted by Gasteiger charge is -2.64. The molecule has 3 aliphatic heterocycles. The van der Waals surface area contributed by atoms with Crippen molar-refractivity contribution in [2.75, 3.05) is 20.3 Å². The standard InChI is InChI=1S/C36H56O14/c1-16-26(40)31(45-4)29(43)33(47-16)50-30-23(14-37)49-32(28(42)27(30)41)48-19-12-18-5-6-22-21(35(18,3)24(38)13-19)7-9-34(2)20(8-10-36(22,34)44)17-11-25(39)46-15-17/h11,16,18-24,26-33,37-38,40-44H,5-10,12-15H2,1-4H3/t16-,18-,19-,20-,21+,22-,23+,24-,26-,27+,28-,29+,30-,31+,32-,33+,34-,35+,36+/m1/s1. The van der Waals surface area contributed by atoms with Gasteiger partial charge in [0, 0.05) is 25.0 Å². The molecule has 50 heavy (non-hydrogen) atoms. The molecule has 19 atom stereocenters. The fourth-order valence-corrected chi connectivity index (χ4v) is 11.6. The number of aliphatic hydroxyl groups excluding tert-OH is 6. The molecule has 0 radical (unpaired) electrons. The first-order chi connectivity index (χ1) is 23.7. The van der Waals surface area contributed by atoms with Gasteiger partial charge < -0.3 is 64.2 Å². The molecule has 7 rings (SSSR count). The summed E-state index contributed by atoms with van der Waals surface area (Å²) >= 11 is 0. The number of hydrogen-bond donors (Lipinski definition) is 7. The third kappa shape index (κ3) is 5.63. The Kier molecular flexibility index (Phi) is 10.0. The van der Waals surface area contributed by atoms with Crippen LogP contribution < -0.4 is 0 Å². The minimum Gasteiger partial charge on any atom is -0.458 e. The fraction of sp³-hybridized carbons (Fsp3) is 0.917. The molecule has 0 bridgehead atoms. The lowest BCUT2D eigenvalue weighted by molar-refractivity contribution is -0.363. The smallest absolute Gasteiger partial charge is 0.331 e. The summed E-state index contributed by atoms with van der Waals surface area (Å²) < 4.78 is 34.2. The van der Waals surface area contributed by atoms with E-state index in [4.69, 9.17) is 28.4 Å². The second kappa shape index (κ2) is 13.5. The van der Waals surface area contributed by atoms with Gasteiger partial charge in [-0.15, -0.1) is 0 Å². The van der Waals surface area contributed by atoms with Crippen LogP contribution in [0.1, 0.15) is 72.1 Å². The van der Waals surface area contributed by atoms with Crippen molar-refractivity contribution in [3.8, 4) is 0 Å². The Morgan fingerprint density at radius 2 is 1.60 bits per heavy atom. The maximum absolute atomic E-state index is 12.5. The molecule has 7 aliphatic rings. The zero-order chi connectivity index (χ0) is 35.9. The maximum atomic E-state index is 12.5. The number of carbonyl (C=O) groups is 1. The molecular formula is C36H56O14. The second-order valence-corrected chi connectivity index (χ2v) is 16.6. The van der Waals surface area contributed by atoms with Crippen molar-refractivity contribution in [2.24, 2.45) is 34.5 Å². The SMILES string of the molecule is CO[C@@H]1[C@H](O)[C@H](O[C@H]2[C@@H](O)[C@@H](O)[C@H](O[C@@H]3C[C@H]4CC[C@@H]5[C@H](CC[C@]6(C)[C@@H](C7=CC(=O)OC7)CC[C@]56O)[C@@]4(C)[C@H](O)C3)O[C@H]2CO)O[C@H](C)[C@H]1O. The van der Waals surface area contributed by atoms with Gasteiger partial charge in [-0.3, -0.25) is 0 Å². The Morgan fingerprint density at radius 3 is 2.28 bits per heavy atom. The van der Waals surface area contributed by atoms with Crippen LogP contribution in [0.4, 0.5) is 0 Å². The van der Waals surface area contributed by atoms with Gasteiger partial charge in [-0.25, -0.2) is 4.79 Å². The third-order valence-corrected chi connectivity index (χ3v) is 14.5. The quantitative estimate of drug-likeness (QED) is 0.136. The Morgan fingerprint density at radius 1 is 0.860 bits per heavy atom. The highest BCUT2D eigenvalue weighted by Gasteiger charge is 2.69. The Hall–Kier alpha value is -1.27. The number of hydrogen-bond acceptors (Lipinski definition) is 14. The van der Waals surface area contributed by atoms with E-state index < -0.39 is 91.2 Å². The average molecular weight is 713 g/mol. The van der Waals surface area contributed by atoms with E-state index in [1.54, 1.807) is 13.0 Å². The molecule has 7 N–H and O–H groups in total. The van der Waals surface area contributed by atoms with Gasteiger partial charge in [0.15, 0.2) is 12.6 Å². The normalized spacial score (nSPS) is 55.1. The van der Waals surface area contributed by atoms with Gasteiger partial charge in [0.2, 0.25) is 0 Å². The molecular weight excluding hydrogens is 656 g/mol. The van der Waals surface area contributed by atoms with Crippen LogP contribution in [0, 0.1) is 34.5 Å². The van der Waals surface area contributed by atoms with Gasteiger partial charge >= 0.3 is 5.97 Å². The molecule has 14 nitrogen and oxygen atoms in total. The van der Waals surface area contributed by atoms with Crippen molar-refractivity contribution in [1.82, 2.24) is 0 Å². The number of rotatable bonds is 7. The zero-order valence-electron chi connectivity index (χ0n) is 29.4. The van der Waals surface area contributed by atoms with Crippen LogP contribution in [-0.4, -0.2) is 141 Å². The van der Waals surface area contributed by atoms with Crippen LogP contribution in [0.2, 0.25) is 0 Å². The number of aliphatic hydroxyl groups is 7. The lowest BCUT2D eigenvalue weighted by Crippen LogP contribution is -2.66. The molecule has 3 heterocycles. The molecule has 2 saturated heterocycles. The molecule has 0 aromatic carbocycles. The van der Waals surface area contributed by atoms with Gasteiger partial charge in [-0.05, 0) is 86.5 Å². The first-order valence-electron chi connectivity index (χ1n) is 18.4.